The average Bonchev–Trinajstić information content (AvgIpc) is 2.47. The molecule has 0 bridgehead atoms. The van der Waals surface area contributed by atoms with Crippen molar-refractivity contribution in [3.05, 3.63) is 0 Å². The second kappa shape index (κ2) is 7.46. The standard InChI is InChI=1S/C18H34N2/c1-7-14(4)20(9-3)17-12-16(18(5,6)8-2)11-10-15(17)13-19/h14-17H,7-12H2,1-6H3. The van der Waals surface area contributed by atoms with Crippen molar-refractivity contribution in [1.29, 1.82) is 5.26 Å². The molecule has 2 heteroatoms. The van der Waals surface area contributed by atoms with E-state index in [9.17, 15) is 5.26 Å². The maximum atomic E-state index is 9.53. The number of nitrogens with zero attached hydrogens (tertiary/aromatic N) is 2. The summed E-state index contributed by atoms with van der Waals surface area (Å²) in [7, 11) is 0. The molecule has 1 rings (SSSR count). The van der Waals surface area contributed by atoms with E-state index in [2.05, 4.69) is 52.5 Å². The Kier molecular flexibility index (Phi) is 6.52. The molecule has 1 fully saturated rings. The Labute approximate surface area is 126 Å². The van der Waals surface area contributed by atoms with Crippen molar-refractivity contribution in [1.82, 2.24) is 4.90 Å². The Bertz CT molecular complexity index is 329. The summed E-state index contributed by atoms with van der Waals surface area (Å²) in [6, 6.07) is 3.65. The summed E-state index contributed by atoms with van der Waals surface area (Å²) >= 11 is 0. The van der Waals surface area contributed by atoms with Crippen LogP contribution in [0.1, 0.15) is 73.6 Å². The topological polar surface area (TPSA) is 27.0 Å². The first kappa shape index (κ1) is 17.5. The molecule has 0 aliphatic heterocycles. The van der Waals surface area contributed by atoms with Crippen LogP contribution in [0.15, 0.2) is 0 Å². The molecule has 20 heavy (non-hydrogen) atoms. The van der Waals surface area contributed by atoms with Crippen LogP contribution in [0.2, 0.25) is 0 Å². The van der Waals surface area contributed by atoms with Crippen LogP contribution in [0.5, 0.6) is 0 Å². The maximum Gasteiger partial charge on any atom is 0.0672 e. The van der Waals surface area contributed by atoms with Gasteiger partial charge in [-0.3, -0.25) is 4.90 Å². The Balaban J connectivity index is 2.91. The van der Waals surface area contributed by atoms with Gasteiger partial charge in [0, 0.05) is 12.1 Å². The quantitative estimate of drug-likeness (QED) is 0.694. The number of hydrogen-bond acceptors (Lipinski definition) is 2. The van der Waals surface area contributed by atoms with Crippen molar-refractivity contribution < 1.29 is 0 Å². The van der Waals surface area contributed by atoms with Crippen LogP contribution < -0.4 is 0 Å². The van der Waals surface area contributed by atoms with Crippen molar-refractivity contribution in [2.75, 3.05) is 6.54 Å². The van der Waals surface area contributed by atoms with Gasteiger partial charge in [-0.1, -0.05) is 41.0 Å². The minimum absolute atomic E-state index is 0.229. The third-order valence-electron chi connectivity index (χ3n) is 5.95. The molecule has 0 aromatic rings. The molecule has 0 amide bonds. The molecule has 0 saturated heterocycles. The Morgan fingerprint density at radius 1 is 1.25 bits per heavy atom. The zero-order chi connectivity index (χ0) is 15.3. The van der Waals surface area contributed by atoms with Crippen molar-refractivity contribution in [2.24, 2.45) is 17.3 Å². The van der Waals surface area contributed by atoms with Crippen LogP contribution in [0.4, 0.5) is 0 Å². The van der Waals surface area contributed by atoms with Crippen LogP contribution in [-0.2, 0) is 0 Å². The second-order valence-corrected chi connectivity index (χ2v) is 7.24. The summed E-state index contributed by atoms with van der Waals surface area (Å²) < 4.78 is 0. The Morgan fingerprint density at radius 2 is 1.90 bits per heavy atom. The molecular weight excluding hydrogens is 244 g/mol. The van der Waals surface area contributed by atoms with Crippen LogP contribution >= 0.6 is 0 Å². The molecule has 2 nitrogen and oxygen atoms in total. The molecule has 0 heterocycles. The fourth-order valence-electron chi connectivity index (χ4n) is 3.77. The highest BCUT2D eigenvalue weighted by Gasteiger charge is 2.40. The van der Waals surface area contributed by atoms with Gasteiger partial charge < -0.3 is 0 Å². The van der Waals surface area contributed by atoms with E-state index in [4.69, 9.17) is 0 Å². The van der Waals surface area contributed by atoms with E-state index in [1.807, 2.05) is 0 Å². The normalized spacial score (nSPS) is 29.2. The maximum absolute atomic E-state index is 9.53. The molecule has 1 aliphatic carbocycles. The van der Waals surface area contributed by atoms with Gasteiger partial charge >= 0.3 is 0 Å². The zero-order valence-corrected chi connectivity index (χ0v) is 14.4. The molecule has 4 unspecified atom stereocenters. The fraction of sp³-hybridized carbons (Fsp3) is 0.944. The van der Waals surface area contributed by atoms with E-state index in [1.54, 1.807) is 0 Å². The SMILES string of the molecule is CCC(C)N(CC)C1CC(C(C)(C)CC)CCC1C#N. The molecule has 4 atom stereocenters. The van der Waals surface area contributed by atoms with Gasteiger partial charge in [0.2, 0.25) is 0 Å². The Morgan fingerprint density at radius 3 is 2.35 bits per heavy atom. The first-order chi connectivity index (χ1) is 9.41. The van der Waals surface area contributed by atoms with E-state index in [1.165, 1.54) is 25.7 Å². The van der Waals surface area contributed by atoms with E-state index in [-0.39, 0.29) is 5.92 Å². The van der Waals surface area contributed by atoms with E-state index in [0.717, 1.165) is 18.9 Å². The van der Waals surface area contributed by atoms with Gasteiger partial charge in [-0.05, 0) is 50.5 Å². The first-order valence-corrected chi connectivity index (χ1v) is 8.56. The highest BCUT2D eigenvalue weighted by atomic mass is 15.2. The van der Waals surface area contributed by atoms with Gasteiger partial charge in [-0.25, -0.2) is 0 Å². The van der Waals surface area contributed by atoms with Crippen LogP contribution in [0.25, 0.3) is 0 Å². The predicted molar refractivity (Wildman–Crippen MR) is 86.4 cm³/mol. The van der Waals surface area contributed by atoms with Crippen molar-refractivity contribution in [3.63, 3.8) is 0 Å². The lowest BCUT2D eigenvalue weighted by Gasteiger charge is -2.46. The van der Waals surface area contributed by atoms with Crippen LogP contribution in [-0.4, -0.2) is 23.5 Å². The lowest BCUT2D eigenvalue weighted by atomic mass is 9.65. The molecule has 0 aromatic heterocycles. The lowest BCUT2D eigenvalue weighted by molar-refractivity contribution is 0.0338. The third-order valence-corrected chi connectivity index (χ3v) is 5.95. The minimum Gasteiger partial charge on any atom is -0.297 e. The molecule has 0 N–H and O–H groups in total. The minimum atomic E-state index is 0.229. The van der Waals surface area contributed by atoms with Crippen molar-refractivity contribution in [3.8, 4) is 6.07 Å². The first-order valence-electron chi connectivity index (χ1n) is 8.56. The largest absolute Gasteiger partial charge is 0.297 e. The van der Waals surface area contributed by atoms with E-state index in [0.29, 0.717) is 17.5 Å². The number of rotatable bonds is 6. The molecule has 0 aromatic carbocycles. The molecule has 116 valence electrons. The highest BCUT2D eigenvalue weighted by Crippen LogP contribution is 2.43. The van der Waals surface area contributed by atoms with E-state index < -0.39 is 0 Å². The lowest BCUT2D eigenvalue weighted by Crippen LogP contribution is -2.49. The van der Waals surface area contributed by atoms with Gasteiger partial charge in [-0.2, -0.15) is 5.26 Å². The smallest absolute Gasteiger partial charge is 0.0672 e. The van der Waals surface area contributed by atoms with E-state index >= 15 is 0 Å². The molecule has 1 saturated carbocycles. The summed E-state index contributed by atoms with van der Waals surface area (Å²) in [5, 5.41) is 9.53. The molecule has 1 aliphatic rings. The zero-order valence-electron chi connectivity index (χ0n) is 14.4. The van der Waals surface area contributed by atoms with Gasteiger partial charge in [0.05, 0.1) is 12.0 Å². The predicted octanol–water partition coefficient (Wildman–Crippen LogP) is 4.85. The van der Waals surface area contributed by atoms with Crippen molar-refractivity contribution >= 4 is 0 Å². The number of hydrogen-bond donors (Lipinski definition) is 0. The van der Waals surface area contributed by atoms with Gasteiger partial charge in [0.1, 0.15) is 0 Å². The van der Waals surface area contributed by atoms with Gasteiger partial charge in [0.25, 0.3) is 0 Å². The highest BCUT2D eigenvalue weighted by molar-refractivity contribution is 5.00. The summed E-state index contributed by atoms with van der Waals surface area (Å²) in [6.07, 6.45) is 5.93. The summed E-state index contributed by atoms with van der Waals surface area (Å²) in [6.45, 7) is 15.0. The summed E-state index contributed by atoms with van der Waals surface area (Å²) in [4.78, 5) is 2.59. The second-order valence-electron chi connectivity index (χ2n) is 7.24. The molecule has 0 radical (unpaired) electrons. The van der Waals surface area contributed by atoms with Crippen LogP contribution in [0.3, 0.4) is 0 Å². The monoisotopic (exact) mass is 278 g/mol. The Hall–Kier alpha value is -0.550. The van der Waals surface area contributed by atoms with Crippen molar-refractivity contribution in [2.45, 2.75) is 85.7 Å². The van der Waals surface area contributed by atoms with Gasteiger partial charge in [-0.15, -0.1) is 0 Å². The fourth-order valence-corrected chi connectivity index (χ4v) is 3.77. The third kappa shape index (κ3) is 3.76. The molecule has 0 spiro atoms. The van der Waals surface area contributed by atoms with Crippen LogP contribution in [0, 0.1) is 28.6 Å². The van der Waals surface area contributed by atoms with Gasteiger partial charge in [0.15, 0.2) is 0 Å². The number of nitriles is 1. The molecular formula is C18H34N2. The summed E-state index contributed by atoms with van der Waals surface area (Å²) in [5.74, 6) is 0.994. The average molecular weight is 278 g/mol. The summed E-state index contributed by atoms with van der Waals surface area (Å²) in [5.41, 5.74) is 0.410.